The van der Waals surface area contributed by atoms with E-state index in [9.17, 15) is 0 Å². The Bertz CT molecular complexity index is 341. The Morgan fingerprint density at radius 2 is 2.00 bits per heavy atom. The van der Waals surface area contributed by atoms with E-state index < -0.39 is 0 Å². The van der Waals surface area contributed by atoms with Crippen molar-refractivity contribution in [1.82, 2.24) is 0 Å². The summed E-state index contributed by atoms with van der Waals surface area (Å²) in [5, 5.41) is 1.52. The van der Waals surface area contributed by atoms with Crippen molar-refractivity contribution >= 4 is 35.0 Å². The van der Waals surface area contributed by atoms with Gasteiger partial charge in [0.2, 0.25) is 0 Å². The van der Waals surface area contributed by atoms with Crippen LogP contribution in [0.1, 0.15) is 17.2 Å². The third kappa shape index (κ3) is 1.68. The molecule has 1 aliphatic rings. The van der Waals surface area contributed by atoms with Crippen LogP contribution in [0, 0.1) is 0 Å². The highest BCUT2D eigenvalue weighted by atomic mass is 35.5. The van der Waals surface area contributed by atoms with Crippen LogP contribution in [0.5, 0.6) is 0 Å². The van der Waals surface area contributed by atoms with Crippen molar-refractivity contribution in [1.29, 1.82) is 0 Å². The van der Waals surface area contributed by atoms with Crippen LogP contribution >= 0.6 is 35.0 Å². The van der Waals surface area contributed by atoms with Crippen LogP contribution in [0.25, 0.3) is 0 Å². The maximum atomic E-state index is 6.06. The molecule has 0 spiro atoms. The smallest absolute Gasteiger partial charge is 0.0458 e. The van der Waals surface area contributed by atoms with E-state index in [1.54, 1.807) is 11.8 Å². The molecule has 70 valence electrons. The Kier molecular flexibility index (Phi) is 2.75. The van der Waals surface area contributed by atoms with E-state index >= 15 is 0 Å². The molecule has 4 heteroatoms. The molecular formula is C9H9Cl2NS. The van der Waals surface area contributed by atoms with Crippen molar-refractivity contribution in [2.45, 2.75) is 11.8 Å². The maximum Gasteiger partial charge on any atom is 0.0458 e. The predicted molar refractivity (Wildman–Crippen MR) is 59.6 cm³/mol. The van der Waals surface area contributed by atoms with Gasteiger partial charge in [0.1, 0.15) is 0 Å². The summed E-state index contributed by atoms with van der Waals surface area (Å²) in [5.74, 6) is 1.84. The third-order valence-electron chi connectivity index (χ3n) is 2.16. The van der Waals surface area contributed by atoms with E-state index in [-0.39, 0.29) is 6.04 Å². The second-order valence-corrected chi connectivity index (χ2v) is 4.89. The number of nitrogens with two attached hydrogens (primary N) is 1. The lowest BCUT2D eigenvalue weighted by Crippen LogP contribution is -2.19. The Balaban J connectivity index is 2.60. The van der Waals surface area contributed by atoms with E-state index in [0.29, 0.717) is 0 Å². The second-order valence-electron chi connectivity index (χ2n) is 3.04. The molecule has 1 nitrogen and oxygen atoms in total. The highest BCUT2D eigenvalue weighted by molar-refractivity contribution is 7.98. The first kappa shape index (κ1) is 9.66. The zero-order valence-electron chi connectivity index (χ0n) is 6.89. The Morgan fingerprint density at radius 3 is 2.69 bits per heavy atom. The first-order valence-corrected chi connectivity index (χ1v) is 5.91. The minimum Gasteiger partial charge on any atom is -0.323 e. The second kappa shape index (κ2) is 3.70. The minimum atomic E-state index is 0.0277. The average molecular weight is 234 g/mol. The van der Waals surface area contributed by atoms with E-state index in [1.807, 2.05) is 12.1 Å². The van der Waals surface area contributed by atoms with Crippen molar-refractivity contribution in [3.05, 3.63) is 33.3 Å². The molecule has 1 aromatic rings. The highest BCUT2D eigenvalue weighted by Gasteiger charge is 2.21. The quantitative estimate of drug-likeness (QED) is 0.745. The fourth-order valence-electron chi connectivity index (χ4n) is 1.53. The van der Waals surface area contributed by atoms with Gasteiger partial charge in [-0.15, -0.1) is 0 Å². The molecule has 1 aliphatic heterocycles. The summed E-state index contributed by atoms with van der Waals surface area (Å²) in [4.78, 5) is 0. The first-order chi connectivity index (χ1) is 6.20. The zero-order chi connectivity index (χ0) is 9.42. The monoisotopic (exact) mass is 233 g/mol. The largest absolute Gasteiger partial charge is 0.323 e. The van der Waals surface area contributed by atoms with Gasteiger partial charge in [-0.1, -0.05) is 23.2 Å². The highest BCUT2D eigenvalue weighted by Crippen LogP contribution is 2.38. The van der Waals surface area contributed by atoms with Crippen LogP contribution in [0.15, 0.2) is 12.1 Å². The average Bonchev–Trinajstić information content (AvgIpc) is 2.12. The summed E-state index contributed by atoms with van der Waals surface area (Å²) < 4.78 is 0. The lowest BCUT2D eigenvalue weighted by atomic mass is 10.0. The van der Waals surface area contributed by atoms with Crippen LogP contribution in [0.3, 0.4) is 0 Å². The molecule has 0 saturated heterocycles. The molecular weight excluding hydrogens is 225 g/mol. The van der Waals surface area contributed by atoms with Crippen molar-refractivity contribution in [2.75, 3.05) is 5.75 Å². The van der Waals surface area contributed by atoms with Crippen LogP contribution in [-0.4, -0.2) is 5.75 Å². The van der Waals surface area contributed by atoms with Gasteiger partial charge in [0.15, 0.2) is 0 Å². The lowest BCUT2D eigenvalue weighted by Gasteiger charge is -2.23. The predicted octanol–water partition coefficient (Wildman–Crippen LogP) is 3.24. The molecule has 0 amide bonds. The summed E-state index contributed by atoms with van der Waals surface area (Å²) in [6.07, 6.45) is 0. The number of hydrogen-bond acceptors (Lipinski definition) is 2. The SMILES string of the molecule is N[C@H]1CSCc2c(Cl)ccc(Cl)c21. The van der Waals surface area contributed by atoms with Crippen molar-refractivity contribution in [3.63, 3.8) is 0 Å². The maximum absolute atomic E-state index is 6.06. The third-order valence-corrected chi connectivity index (χ3v) is 3.93. The molecule has 0 saturated carbocycles. The van der Waals surface area contributed by atoms with Crippen molar-refractivity contribution < 1.29 is 0 Å². The summed E-state index contributed by atoms with van der Waals surface area (Å²) in [5.41, 5.74) is 8.10. The van der Waals surface area contributed by atoms with Crippen LogP contribution in [0.4, 0.5) is 0 Å². The molecule has 2 N–H and O–H groups in total. The van der Waals surface area contributed by atoms with Crippen LogP contribution in [0.2, 0.25) is 10.0 Å². The lowest BCUT2D eigenvalue weighted by molar-refractivity contribution is 0.810. The number of rotatable bonds is 0. The molecule has 1 heterocycles. The van der Waals surface area contributed by atoms with Gasteiger partial charge in [-0.05, 0) is 23.3 Å². The molecule has 0 fully saturated rings. The van der Waals surface area contributed by atoms with E-state index in [0.717, 1.165) is 32.7 Å². The normalized spacial score (nSPS) is 21.3. The van der Waals surface area contributed by atoms with Gasteiger partial charge in [0.05, 0.1) is 0 Å². The summed E-state index contributed by atoms with van der Waals surface area (Å²) in [6, 6.07) is 3.68. The number of benzene rings is 1. The van der Waals surface area contributed by atoms with Crippen LogP contribution in [-0.2, 0) is 5.75 Å². The molecule has 1 atom stereocenters. The van der Waals surface area contributed by atoms with Gasteiger partial charge in [0, 0.05) is 27.6 Å². The summed E-state index contributed by atoms with van der Waals surface area (Å²) >= 11 is 13.9. The molecule has 13 heavy (non-hydrogen) atoms. The Hall–Kier alpha value is 0.110. The van der Waals surface area contributed by atoms with Crippen molar-refractivity contribution in [2.24, 2.45) is 5.73 Å². The Morgan fingerprint density at radius 1 is 1.31 bits per heavy atom. The number of halogens is 2. The van der Waals surface area contributed by atoms with Gasteiger partial charge in [-0.2, -0.15) is 11.8 Å². The van der Waals surface area contributed by atoms with E-state index in [4.69, 9.17) is 28.9 Å². The molecule has 0 aliphatic carbocycles. The van der Waals surface area contributed by atoms with Gasteiger partial charge in [0.25, 0.3) is 0 Å². The molecule has 0 radical (unpaired) electrons. The molecule has 0 aromatic heterocycles. The van der Waals surface area contributed by atoms with Gasteiger partial charge in [-0.3, -0.25) is 0 Å². The fourth-order valence-corrected chi connectivity index (χ4v) is 3.21. The molecule has 0 bridgehead atoms. The molecule has 2 rings (SSSR count). The minimum absolute atomic E-state index is 0.0277. The van der Waals surface area contributed by atoms with Gasteiger partial charge < -0.3 is 5.73 Å². The number of thioether (sulfide) groups is 1. The Labute approximate surface area is 91.6 Å². The summed E-state index contributed by atoms with van der Waals surface area (Å²) in [6.45, 7) is 0. The first-order valence-electron chi connectivity index (χ1n) is 4.00. The standard InChI is InChI=1S/C9H9Cl2NS/c10-6-1-2-7(11)9-5(6)3-13-4-8(9)12/h1-2,8H,3-4,12H2/t8-/m0/s1. The van der Waals surface area contributed by atoms with E-state index in [1.165, 1.54) is 0 Å². The van der Waals surface area contributed by atoms with Gasteiger partial charge in [-0.25, -0.2) is 0 Å². The number of hydrogen-bond donors (Lipinski definition) is 1. The topological polar surface area (TPSA) is 26.0 Å². The number of fused-ring (bicyclic) bond motifs is 1. The molecule has 1 aromatic carbocycles. The summed E-state index contributed by atoms with van der Waals surface area (Å²) in [7, 11) is 0. The molecule has 0 unspecified atom stereocenters. The van der Waals surface area contributed by atoms with Crippen molar-refractivity contribution in [3.8, 4) is 0 Å². The van der Waals surface area contributed by atoms with Gasteiger partial charge >= 0.3 is 0 Å². The van der Waals surface area contributed by atoms with E-state index in [2.05, 4.69) is 0 Å². The van der Waals surface area contributed by atoms with Crippen LogP contribution < -0.4 is 5.73 Å². The zero-order valence-corrected chi connectivity index (χ0v) is 9.22. The fraction of sp³-hybridized carbons (Fsp3) is 0.333.